The molecule has 0 saturated carbocycles. The van der Waals surface area contributed by atoms with E-state index < -0.39 is 6.10 Å². The number of halogens is 1. The van der Waals surface area contributed by atoms with Gasteiger partial charge in [0.25, 0.3) is 0 Å². The molecule has 0 aromatic heterocycles. The van der Waals surface area contributed by atoms with E-state index in [4.69, 9.17) is 9.47 Å². The molecule has 0 heterocycles. The van der Waals surface area contributed by atoms with Gasteiger partial charge >= 0.3 is 0 Å². The number of hydrogen-bond donors (Lipinski definition) is 2. The average Bonchev–Trinajstić information content (AvgIpc) is 2.43. The van der Waals surface area contributed by atoms with Crippen LogP contribution in [0, 0.1) is 5.82 Å². The molecule has 0 radical (unpaired) electrons. The van der Waals surface area contributed by atoms with E-state index in [9.17, 15) is 9.50 Å². The maximum absolute atomic E-state index is 12.7. The van der Waals surface area contributed by atoms with Gasteiger partial charge in [-0.1, -0.05) is 12.1 Å². The van der Waals surface area contributed by atoms with Crippen molar-refractivity contribution in [1.29, 1.82) is 0 Å². The van der Waals surface area contributed by atoms with Gasteiger partial charge in [0.1, 0.15) is 5.82 Å². The van der Waals surface area contributed by atoms with Crippen LogP contribution < -0.4 is 5.32 Å². The van der Waals surface area contributed by atoms with Gasteiger partial charge in [0, 0.05) is 13.7 Å². The van der Waals surface area contributed by atoms with Gasteiger partial charge in [0.15, 0.2) is 0 Å². The molecule has 1 rings (SSSR count). The van der Waals surface area contributed by atoms with Crippen molar-refractivity contribution in [2.45, 2.75) is 25.6 Å². The first kappa shape index (κ1) is 17.0. The van der Waals surface area contributed by atoms with Crippen LogP contribution in [0.3, 0.4) is 0 Å². The first-order valence-electron chi connectivity index (χ1n) is 6.85. The van der Waals surface area contributed by atoms with Crippen LogP contribution in [0.5, 0.6) is 0 Å². The lowest BCUT2D eigenvalue weighted by Gasteiger charge is -2.16. The third kappa shape index (κ3) is 7.55. The Labute approximate surface area is 119 Å². The minimum absolute atomic E-state index is 0.0196. The number of nitrogens with one attached hydrogen (secondary N) is 1. The van der Waals surface area contributed by atoms with Gasteiger partial charge in [-0.3, -0.25) is 0 Å². The molecule has 0 aliphatic carbocycles. The highest BCUT2D eigenvalue weighted by molar-refractivity contribution is 5.16. The summed E-state index contributed by atoms with van der Waals surface area (Å²) in [6, 6.07) is 6.44. The molecule has 2 N–H and O–H groups in total. The van der Waals surface area contributed by atoms with Gasteiger partial charge in [0.05, 0.1) is 25.4 Å². The fraction of sp³-hybridized carbons (Fsp3) is 0.600. The molecular formula is C15H24FNO3. The Morgan fingerprint density at radius 2 is 1.95 bits per heavy atom. The van der Waals surface area contributed by atoms with Crippen LogP contribution >= 0.6 is 0 Å². The fourth-order valence-electron chi connectivity index (χ4n) is 1.77. The molecule has 1 aromatic rings. The molecule has 114 valence electrons. The Bertz CT molecular complexity index is 359. The van der Waals surface area contributed by atoms with Crippen LogP contribution in [-0.2, 0) is 15.9 Å². The zero-order chi connectivity index (χ0) is 14.8. The van der Waals surface area contributed by atoms with E-state index in [0.717, 1.165) is 18.5 Å². The second-order valence-electron chi connectivity index (χ2n) is 4.83. The number of ether oxygens (including phenoxy) is 2. The predicted molar refractivity (Wildman–Crippen MR) is 76.3 cm³/mol. The lowest BCUT2D eigenvalue weighted by Crippen LogP contribution is -2.33. The van der Waals surface area contributed by atoms with E-state index in [1.165, 1.54) is 12.1 Å². The molecule has 20 heavy (non-hydrogen) atoms. The van der Waals surface area contributed by atoms with Crippen LogP contribution in [0.4, 0.5) is 4.39 Å². The van der Waals surface area contributed by atoms with E-state index in [1.807, 2.05) is 6.92 Å². The zero-order valence-corrected chi connectivity index (χ0v) is 12.1. The third-order valence-electron chi connectivity index (χ3n) is 2.86. The SMILES string of the molecule is COCC(C)OCC(O)CNCCc1ccc(F)cc1. The number of rotatable bonds is 10. The van der Waals surface area contributed by atoms with Gasteiger partial charge in [0.2, 0.25) is 0 Å². The Morgan fingerprint density at radius 3 is 2.60 bits per heavy atom. The Kier molecular flexibility index (Phi) is 8.37. The van der Waals surface area contributed by atoms with Crippen molar-refractivity contribution in [3.8, 4) is 0 Å². The molecule has 0 spiro atoms. The largest absolute Gasteiger partial charge is 0.389 e. The molecule has 0 fully saturated rings. The number of aliphatic hydroxyl groups is 1. The van der Waals surface area contributed by atoms with Crippen molar-refractivity contribution >= 4 is 0 Å². The molecule has 0 bridgehead atoms. The predicted octanol–water partition coefficient (Wildman–Crippen LogP) is 1.37. The summed E-state index contributed by atoms with van der Waals surface area (Å²) >= 11 is 0. The number of hydrogen-bond acceptors (Lipinski definition) is 4. The molecule has 1 aromatic carbocycles. The normalized spacial score (nSPS) is 14.2. The van der Waals surface area contributed by atoms with Crippen LogP contribution in [0.1, 0.15) is 12.5 Å². The minimum Gasteiger partial charge on any atom is -0.389 e. The maximum Gasteiger partial charge on any atom is 0.123 e. The summed E-state index contributed by atoms with van der Waals surface area (Å²) in [5, 5.41) is 12.9. The smallest absolute Gasteiger partial charge is 0.123 e. The summed E-state index contributed by atoms with van der Waals surface area (Å²) in [5.41, 5.74) is 1.07. The molecule has 0 amide bonds. The zero-order valence-electron chi connectivity index (χ0n) is 12.1. The Balaban J connectivity index is 2.07. The third-order valence-corrected chi connectivity index (χ3v) is 2.86. The van der Waals surface area contributed by atoms with E-state index in [0.29, 0.717) is 13.2 Å². The van der Waals surface area contributed by atoms with Crippen LogP contribution in [0.2, 0.25) is 0 Å². The lowest BCUT2D eigenvalue weighted by molar-refractivity contribution is -0.0310. The maximum atomic E-state index is 12.7. The van der Waals surface area contributed by atoms with Crippen molar-refractivity contribution in [3.05, 3.63) is 35.6 Å². The Morgan fingerprint density at radius 1 is 1.25 bits per heavy atom. The van der Waals surface area contributed by atoms with Crippen LogP contribution in [0.15, 0.2) is 24.3 Å². The summed E-state index contributed by atoms with van der Waals surface area (Å²) in [7, 11) is 1.62. The van der Waals surface area contributed by atoms with Gasteiger partial charge in [-0.05, 0) is 37.6 Å². The van der Waals surface area contributed by atoms with E-state index in [1.54, 1.807) is 19.2 Å². The quantitative estimate of drug-likeness (QED) is 0.638. The summed E-state index contributed by atoms with van der Waals surface area (Å²) in [6.45, 7) is 3.91. The van der Waals surface area contributed by atoms with Gasteiger partial charge < -0.3 is 19.9 Å². The highest BCUT2D eigenvalue weighted by Crippen LogP contribution is 2.02. The Hall–Kier alpha value is -1.01. The average molecular weight is 285 g/mol. The molecule has 2 unspecified atom stereocenters. The summed E-state index contributed by atoms with van der Waals surface area (Å²) < 4.78 is 23.1. The first-order chi connectivity index (χ1) is 9.61. The van der Waals surface area contributed by atoms with Gasteiger partial charge in [-0.2, -0.15) is 0 Å². The summed E-state index contributed by atoms with van der Waals surface area (Å²) in [5.74, 6) is -0.223. The van der Waals surface area contributed by atoms with Gasteiger partial charge in [-0.15, -0.1) is 0 Å². The summed E-state index contributed by atoms with van der Waals surface area (Å²) in [4.78, 5) is 0. The van der Waals surface area contributed by atoms with E-state index in [-0.39, 0.29) is 18.5 Å². The first-order valence-corrected chi connectivity index (χ1v) is 6.85. The topological polar surface area (TPSA) is 50.7 Å². The highest BCUT2D eigenvalue weighted by atomic mass is 19.1. The van der Waals surface area contributed by atoms with E-state index in [2.05, 4.69) is 5.32 Å². The van der Waals surface area contributed by atoms with Crippen molar-refractivity contribution in [3.63, 3.8) is 0 Å². The molecule has 0 saturated heterocycles. The molecule has 4 nitrogen and oxygen atoms in total. The molecule has 2 atom stereocenters. The second kappa shape index (κ2) is 9.83. The van der Waals surface area contributed by atoms with Crippen molar-refractivity contribution in [2.24, 2.45) is 0 Å². The fourth-order valence-corrected chi connectivity index (χ4v) is 1.77. The lowest BCUT2D eigenvalue weighted by atomic mass is 10.1. The van der Waals surface area contributed by atoms with Crippen LogP contribution in [0.25, 0.3) is 0 Å². The minimum atomic E-state index is -0.539. The number of aliphatic hydroxyl groups excluding tert-OH is 1. The molecule has 0 aliphatic heterocycles. The number of methoxy groups -OCH3 is 1. The van der Waals surface area contributed by atoms with Crippen molar-refractivity contribution in [2.75, 3.05) is 33.4 Å². The summed E-state index contributed by atoms with van der Waals surface area (Å²) in [6.07, 6.45) is 0.241. The van der Waals surface area contributed by atoms with Gasteiger partial charge in [-0.25, -0.2) is 4.39 Å². The van der Waals surface area contributed by atoms with Crippen LogP contribution in [-0.4, -0.2) is 50.7 Å². The molecular weight excluding hydrogens is 261 g/mol. The van der Waals surface area contributed by atoms with E-state index >= 15 is 0 Å². The van der Waals surface area contributed by atoms with Crippen molar-refractivity contribution < 1.29 is 19.0 Å². The monoisotopic (exact) mass is 285 g/mol. The number of benzene rings is 1. The molecule has 0 aliphatic rings. The highest BCUT2D eigenvalue weighted by Gasteiger charge is 2.07. The molecule has 5 heteroatoms. The second-order valence-corrected chi connectivity index (χ2v) is 4.83. The standard InChI is InChI=1S/C15H24FNO3/c1-12(10-19-2)20-11-15(18)9-17-8-7-13-3-5-14(16)6-4-13/h3-6,12,15,17-18H,7-11H2,1-2H3. The van der Waals surface area contributed by atoms with Crippen molar-refractivity contribution in [1.82, 2.24) is 5.32 Å².